The number of aromatic nitrogens is 1. The zero-order chi connectivity index (χ0) is 20.3. The Morgan fingerprint density at radius 3 is 2.89 bits per heavy atom. The molecule has 1 aliphatic heterocycles. The lowest BCUT2D eigenvalue weighted by Gasteiger charge is -2.36. The molecule has 1 fully saturated rings. The summed E-state index contributed by atoms with van der Waals surface area (Å²) in [5, 5.41) is 11.4. The molecule has 0 spiro atoms. The third-order valence-electron chi connectivity index (χ3n) is 4.49. The summed E-state index contributed by atoms with van der Waals surface area (Å²) in [4.78, 5) is 29.0. The van der Waals surface area contributed by atoms with Crippen LogP contribution in [0, 0.1) is 10.1 Å². The molecule has 2 heterocycles. The maximum Gasteiger partial charge on any atom is 0.410 e. The number of rotatable bonds is 5. The number of carbonyl (C=O) groups is 1. The Balaban J connectivity index is 1.59. The van der Waals surface area contributed by atoms with Gasteiger partial charge in [-0.1, -0.05) is 11.3 Å². The molecule has 1 aromatic carbocycles. The monoisotopic (exact) mass is 407 g/mol. The highest BCUT2D eigenvalue weighted by Gasteiger charge is 2.30. The number of likely N-dealkylation sites (tertiary alicyclic amines) is 1. The largest absolute Gasteiger partial charge is 0.470 e. The van der Waals surface area contributed by atoms with Crippen LogP contribution < -0.4 is 4.74 Å². The zero-order valence-corrected chi connectivity index (χ0v) is 17.2. The topological polar surface area (TPSA) is 94.8 Å². The van der Waals surface area contributed by atoms with Gasteiger partial charge in [0.2, 0.25) is 0 Å². The van der Waals surface area contributed by atoms with Gasteiger partial charge < -0.3 is 14.4 Å². The maximum atomic E-state index is 12.5. The number of benzene rings is 1. The molecule has 0 saturated carbocycles. The van der Waals surface area contributed by atoms with Crippen LogP contribution in [0.3, 0.4) is 0 Å². The Morgan fingerprint density at radius 1 is 1.39 bits per heavy atom. The van der Waals surface area contributed by atoms with Crippen LogP contribution in [0.15, 0.2) is 18.2 Å². The number of non-ortho nitro benzene ring substituents is 1. The number of hydrogen-bond acceptors (Lipinski definition) is 7. The number of fused-ring (bicyclic) bond motifs is 1. The van der Waals surface area contributed by atoms with Gasteiger partial charge in [0, 0.05) is 31.1 Å². The number of nitrogens with zero attached hydrogens (tertiary/aromatic N) is 3. The van der Waals surface area contributed by atoms with Crippen molar-refractivity contribution in [1.29, 1.82) is 0 Å². The van der Waals surface area contributed by atoms with Crippen LogP contribution in [0.2, 0.25) is 0 Å². The highest BCUT2D eigenvalue weighted by Crippen LogP contribution is 2.31. The van der Waals surface area contributed by atoms with Crippen molar-refractivity contribution >= 4 is 33.3 Å². The minimum atomic E-state index is -0.515. The summed E-state index contributed by atoms with van der Waals surface area (Å²) in [5.74, 6) is 0. The van der Waals surface area contributed by atoms with Gasteiger partial charge >= 0.3 is 6.09 Å². The molecular weight excluding hydrogens is 382 g/mol. The molecule has 9 heteroatoms. The molecule has 1 saturated heterocycles. The summed E-state index contributed by atoms with van der Waals surface area (Å²) < 4.78 is 12.1. The average molecular weight is 407 g/mol. The molecule has 3 rings (SSSR count). The SMILES string of the molecule is CC(C)(C)OC(=O)N1CCCC[C@@H]1CCOc1nc2cc([N+](=O)[O-])ccc2s1. The van der Waals surface area contributed by atoms with Crippen molar-refractivity contribution in [1.82, 2.24) is 9.88 Å². The Labute approximate surface area is 167 Å². The summed E-state index contributed by atoms with van der Waals surface area (Å²) in [6.45, 7) is 6.72. The number of piperidine rings is 1. The van der Waals surface area contributed by atoms with E-state index in [0.29, 0.717) is 30.3 Å². The summed E-state index contributed by atoms with van der Waals surface area (Å²) >= 11 is 1.36. The van der Waals surface area contributed by atoms with Crippen molar-refractivity contribution in [2.24, 2.45) is 0 Å². The molecule has 1 atom stereocenters. The smallest absolute Gasteiger partial charge is 0.410 e. The number of thiazole rings is 1. The number of ether oxygens (including phenoxy) is 2. The van der Waals surface area contributed by atoms with Crippen molar-refractivity contribution in [2.45, 2.75) is 58.1 Å². The van der Waals surface area contributed by atoms with Crippen molar-refractivity contribution in [3.63, 3.8) is 0 Å². The lowest BCUT2D eigenvalue weighted by Crippen LogP contribution is -2.46. The van der Waals surface area contributed by atoms with Gasteiger partial charge in [0.1, 0.15) is 5.60 Å². The molecule has 0 bridgehead atoms. The van der Waals surface area contributed by atoms with E-state index in [0.717, 1.165) is 24.0 Å². The molecule has 2 aromatic rings. The summed E-state index contributed by atoms with van der Waals surface area (Å²) in [7, 11) is 0. The van der Waals surface area contributed by atoms with Gasteiger partial charge in [-0.15, -0.1) is 0 Å². The predicted octanol–water partition coefficient (Wildman–Crippen LogP) is 4.76. The van der Waals surface area contributed by atoms with Crippen molar-refractivity contribution in [3.05, 3.63) is 28.3 Å². The number of nitro groups is 1. The summed E-state index contributed by atoms with van der Waals surface area (Å²) in [6, 6.07) is 4.68. The highest BCUT2D eigenvalue weighted by molar-refractivity contribution is 7.20. The van der Waals surface area contributed by atoms with E-state index in [4.69, 9.17) is 9.47 Å². The van der Waals surface area contributed by atoms with Crippen LogP contribution in [-0.4, -0.2) is 45.7 Å². The van der Waals surface area contributed by atoms with Gasteiger partial charge in [0.25, 0.3) is 10.9 Å². The van der Waals surface area contributed by atoms with Crippen molar-refractivity contribution < 1.29 is 19.2 Å². The highest BCUT2D eigenvalue weighted by atomic mass is 32.1. The normalized spacial score (nSPS) is 17.5. The molecule has 0 N–H and O–H groups in total. The van der Waals surface area contributed by atoms with Gasteiger partial charge in [-0.05, 0) is 46.1 Å². The fourth-order valence-corrected chi connectivity index (χ4v) is 4.03. The van der Waals surface area contributed by atoms with Crippen LogP contribution in [0.5, 0.6) is 5.19 Å². The molecule has 28 heavy (non-hydrogen) atoms. The number of nitro benzene ring substituents is 1. The lowest BCUT2D eigenvalue weighted by molar-refractivity contribution is -0.384. The standard InChI is InChI=1S/C19H25N3O5S/c1-19(2,3)27-18(23)21-10-5-4-6-13(21)9-11-26-17-20-15-12-14(22(24)25)7-8-16(15)28-17/h7-8,12-13H,4-6,9-11H2,1-3H3/t13-/m1/s1. The van der Waals surface area contributed by atoms with E-state index in [9.17, 15) is 14.9 Å². The second-order valence-corrected chi connectivity index (χ2v) is 8.84. The van der Waals surface area contributed by atoms with Crippen LogP contribution in [-0.2, 0) is 4.74 Å². The van der Waals surface area contributed by atoms with Crippen LogP contribution in [0.4, 0.5) is 10.5 Å². The van der Waals surface area contributed by atoms with Gasteiger partial charge in [0.05, 0.1) is 21.7 Å². The van der Waals surface area contributed by atoms with E-state index in [2.05, 4.69) is 4.98 Å². The van der Waals surface area contributed by atoms with Crippen LogP contribution >= 0.6 is 11.3 Å². The zero-order valence-electron chi connectivity index (χ0n) is 16.3. The van der Waals surface area contributed by atoms with E-state index in [1.165, 1.54) is 23.5 Å². The van der Waals surface area contributed by atoms with Gasteiger partial charge in [-0.2, -0.15) is 0 Å². The Kier molecular flexibility index (Phi) is 6.02. The fraction of sp³-hybridized carbons (Fsp3) is 0.579. The van der Waals surface area contributed by atoms with E-state index in [-0.39, 0.29) is 17.8 Å². The van der Waals surface area contributed by atoms with Crippen molar-refractivity contribution in [2.75, 3.05) is 13.2 Å². The van der Waals surface area contributed by atoms with E-state index >= 15 is 0 Å². The molecule has 1 amide bonds. The average Bonchev–Trinajstić information content (AvgIpc) is 3.02. The first-order chi connectivity index (χ1) is 13.2. The van der Waals surface area contributed by atoms with Crippen molar-refractivity contribution in [3.8, 4) is 5.19 Å². The van der Waals surface area contributed by atoms with Crippen LogP contribution in [0.1, 0.15) is 46.5 Å². The predicted molar refractivity (Wildman–Crippen MR) is 107 cm³/mol. The van der Waals surface area contributed by atoms with E-state index < -0.39 is 10.5 Å². The third-order valence-corrected chi connectivity index (χ3v) is 5.44. The Bertz CT molecular complexity index is 861. The molecule has 1 aromatic heterocycles. The maximum absolute atomic E-state index is 12.5. The van der Waals surface area contributed by atoms with Gasteiger partial charge in [0.15, 0.2) is 0 Å². The van der Waals surface area contributed by atoms with E-state index in [1.54, 1.807) is 11.0 Å². The number of amides is 1. The first-order valence-electron chi connectivity index (χ1n) is 9.40. The second-order valence-electron chi connectivity index (χ2n) is 7.85. The summed E-state index contributed by atoms with van der Waals surface area (Å²) in [6.07, 6.45) is 3.40. The molecule has 8 nitrogen and oxygen atoms in total. The molecule has 0 aliphatic carbocycles. The lowest BCUT2D eigenvalue weighted by atomic mass is 10.0. The fourth-order valence-electron chi connectivity index (χ4n) is 3.21. The first kappa shape index (κ1) is 20.3. The third kappa shape index (κ3) is 5.09. The van der Waals surface area contributed by atoms with Crippen LogP contribution in [0.25, 0.3) is 10.2 Å². The first-order valence-corrected chi connectivity index (χ1v) is 10.2. The van der Waals surface area contributed by atoms with Gasteiger partial charge in [-0.3, -0.25) is 10.1 Å². The Morgan fingerprint density at radius 2 is 2.18 bits per heavy atom. The Hall–Kier alpha value is -2.42. The molecule has 1 aliphatic rings. The molecule has 0 unspecified atom stereocenters. The van der Waals surface area contributed by atoms with Gasteiger partial charge in [-0.25, -0.2) is 9.78 Å². The second kappa shape index (κ2) is 8.30. The van der Waals surface area contributed by atoms with E-state index in [1.807, 2.05) is 20.8 Å². The number of hydrogen-bond donors (Lipinski definition) is 0. The minimum Gasteiger partial charge on any atom is -0.470 e. The molecular formula is C19H25N3O5S. The quantitative estimate of drug-likeness (QED) is 0.524. The molecule has 152 valence electrons. The summed E-state index contributed by atoms with van der Waals surface area (Å²) in [5.41, 5.74) is 0.0564. The number of carbonyl (C=O) groups excluding carboxylic acids is 1. The minimum absolute atomic E-state index is 0.0135. The molecule has 0 radical (unpaired) electrons.